The molecule has 0 saturated heterocycles. The van der Waals surface area contributed by atoms with Crippen molar-refractivity contribution in [3.63, 3.8) is 0 Å². The molecule has 0 N–H and O–H groups in total. The third-order valence-electron chi connectivity index (χ3n) is 6.24. The molecule has 30 heavy (non-hydrogen) atoms. The number of rotatable bonds is 15. The largest absolute Gasteiger partial charge is 0.336 e. The van der Waals surface area contributed by atoms with Gasteiger partial charge in [-0.2, -0.15) is 0 Å². The summed E-state index contributed by atoms with van der Waals surface area (Å²) in [5, 5.41) is 0. The molecule has 3 heterocycles. The van der Waals surface area contributed by atoms with Crippen LogP contribution >= 0.6 is 54.5 Å². The fourth-order valence-corrected chi connectivity index (χ4v) is 7.94. The van der Waals surface area contributed by atoms with E-state index in [1.807, 2.05) is 22.7 Å². The highest BCUT2D eigenvalue weighted by Crippen LogP contribution is 2.45. The summed E-state index contributed by atoms with van der Waals surface area (Å²) >= 11 is 11.3. The topological polar surface area (TPSA) is 4.93 Å². The zero-order valence-electron chi connectivity index (χ0n) is 18.7. The third kappa shape index (κ3) is 6.59. The van der Waals surface area contributed by atoms with Crippen molar-refractivity contribution in [3.05, 3.63) is 19.7 Å². The Kier molecular flexibility index (Phi) is 10.8. The Balaban J connectivity index is 1.74. The van der Waals surface area contributed by atoms with E-state index in [1.165, 1.54) is 118 Å². The summed E-state index contributed by atoms with van der Waals surface area (Å²) in [5.74, 6) is 0. The van der Waals surface area contributed by atoms with Gasteiger partial charge >= 0.3 is 0 Å². The number of unbranched alkanes of at least 4 members (excludes halogenated alkanes) is 10. The summed E-state index contributed by atoms with van der Waals surface area (Å²) in [4.78, 5) is 0. The summed E-state index contributed by atoms with van der Waals surface area (Å²) in [5.41, 5.74) is 2.89. The van der Waals surface area contributed by atoms with Crippen LogP contribution in [-0.4, -0.2) is 4.57 Å². The number of aromatic nitrogens is 1. The molecule has 0 unspecified atom stereocenters. The quantitative estimate of drug-likeness (QED) is 0.159. The molecule has 0 aliphatic carbocycles. The maximum atomic E-state index is 3.75. The maximum Gasteiger partial charge on any atom is 0.0726 e. The smallest absolute Gasteiger partial charge is 0.0726 e. The van der Waals surface area contributed by atoms with E-state index in [0.717, 1.165) is 0 Å². The van der Waals surface area contributed by atoms with Crippen LogP contribution in [0.1, 0.15) is 110 Å². The Bertz CT molecular complexity index is 822. The van der Waals surface area contributed by atoms with Gasteiger partial charge in [0.1, 0.15) is 0 Å². The van der Waals surface area contributed by atoms with Crippen LogP contribution in [0.3, 0.4) is 0 Å². The van der Waals surface area contributed by atoms with Gasteiger partial charge in [-0.05, 0) is 56.8 Å². The van der Waals surface area contributed by atoms with E-state index in [1.54, 1.807) is 0 Å². The van der Waals surface area contributed by atoms with Gasteiger partial charge in [0.05, 0.1) is 28.0 Å². The monoisotopic (exact) mass is 573 g/mol. The maximum absolute atomic E-state index is 3.75. The average molecular weight is 576 g/mol. The standard InChI is InChI=1S/C25H37Br2NS2/c1-3-5-7-9-11-13-15-19(16-14-12-10-8-6-4-2)28-20-17-22(26)29-24(20)25-21(28)18-23(27)30-25/h17-19H,3-16H2,1-2H3. The third-order valence-corrected chi connectivity index (χ3v) is 9.66. The van der Waals surface area contributed by atoms with Gasteiger partial charge in [-0.1, -0.05) is 90.9 Å². The molecule has 1 nitrogen and oxygen atoms in total. The molecule has 0 spiro atoms. The second kappa shape index (κ2) is 13.0. The van der Waals surface area contributed by atoms with E-state index in [0.29, 0.717) is 6.04 Å². The molecule has 0 atom stereocenters. The lowest BCUT2D eigenvalue weighted by molar-refractivity contribution is 0.410. The van der Waals surface area contributed by atoms with Crippen LogP contribution in [0.15, 0.2) is 19.7 Å². The van der Waals surface area contributed by atoms with Gasteiger partial charge in [-0.15, -0.1) is 22.7 Å². The molecule has 0 aliphatic rings. The normalized spacial score (nSPS) is 12.2. The van der Waals surface area contributed by atoms with Crippen LogP contribution < -0.4 is 0 Å². The first-order valence-electron chi connectivity index (χ1n) is 12.0. The highest BCUT2D eigenvalue weighted by atomic mass is 79.9. The van der Waals surface area contributed by atoms with Gasteiger partial charge in [0.15, 0.2) is 0 Å². The first-order chi connectivity index (χ1) is 14.7. The van der Waals surface area contributed by atoms with Crippen LogP contribution in [0.4, 0.5) is 0 Å². The molecule has 0 bridgehead atoms. The Hall–Kier alpha value is 0.160. The van der Waals surface area contributed by atoms with E-state index in [-0.39, 0.29) is 0 Å². The van der Waals surface area contributed by atoms with Crippen molar-refractivity contribution in [2.75, 3.05) is 0 Å². The van der Waals surface area contributed by atoms with Gasteiger partial charge in [0, 0.05) is 6.04 Å². The fourth-order valence-electron chi connectivity index (χ4n) is 4.63. The number of nitrogens with zero attached hydrogens (tertiary/aromatic N) is 1. The van der Waals surface area contributed by atoms with E-state index in [4.69, 9.17) is 0 Å². The number of fused-ring (bicyclic) bond motifs is 3. The molecular formula is C25H37Br2NS2. The van der Waals surface area contributed by atoms with Gasteiger partial charge in [0.2, 0.25) is 0 Å². The Morgan fingerprint density at radius 1 is 0.667 bits per heavy atom. The van der Waals surface area contributed by atoms with Crippen LogP contribution in [0.5, 0.6) is 0 Å². The Labute approximate surface area is 207 Å². The average Bonchev–Trinajstić information content (AvgIpc) is 3.35. The highest BCUT2D eigenvalue weighted by molar-refractivity contribution is 9.11. The van der Waals surface area contributed by atoms with Crippen LogP contribution in [-0.2, 0) is 0 Å². The lowest BCUT2D eigenvalue weighted by Crippen LogP contribution is -2.09. The molecule has 0 amide bonds. The second-order valence-electron chi connectivity index (χ2n) is 8.67. The SMILES string of the molecule is CCCCCCCCC(CCCCCCCC)n1c2cc(Br)sc2c2sc(Br)cc21. The molecule has 3 aromatic heterocycles. The summed E-state index contributed by atoms with van der Waals surface area (Å²) in [7, 11) is 0. The number of halogens is 2. The predicted octanol–water partition coefficient (Wildman–Crippen LogP) is 11.5. The van der Waals surface area contributed by atoms with Crippen molar-refractivity contribution in [3.8, 4) is 0 Å². The minimum absolute atomic E-state index is 0.630. The second-order valence-corrected chi connectivity index (χ2v) is 13.5. The summed E-state index contributed by atoms with van der Waals surface area (Å²) in [6.07, 6.45) is 19.2. The minimum Gasteiger partial charge on any atom is -0.336 e. The van der Waals surface area contributed by atoms with Crippen LogP contribution in [0.2, 0.25) is 0 Å². The van der Waals surface area contributed by atoms with Gasteiger partial charge < -0.3 is 4.57 Å². The molecule has 3 rings (SSSR count). The first kappa shape index (κ1) is 24.8. The van der Waals surface area contributed by atoms with E-state index in [2.05, 4.69) is 62.4 Å². The van der Waals surface area contributed by atoms with Crippen molar-refractivity contribution < 1.29 is 0 Å². The van der Waals surface area contributed by atoms with Crippen LogP contribution in [0.25, 0.3) is 20.4 Å². The molecule has 0 aromatic carbocycles. The summed E-state index contributed by atoms with van der Waals surface area (Å²) < 4.78 is 8.13. The zero-order chi connectivity index (χ0) is 21.3. The Morgan fingerprint density at radius 2 is 1.07 bits per heavy atom. The molecule has 168 valence electrons. The fraction of sp³-hybridized carbons (Fsp3) is 0.680. The molecule has 5 heteroatoms. The van der Waals surface area contributed by atoms with Gasteiger partial charge in [-0.25, -0.2) is 0 Å². The molecule has 0 aliphatic heterocycles. The minimum atomic E-state index is 0.630. The molecule has 0 fully saturated rings. The van der Waals surface area contributed by atoms with E-state index >= 15 is 0 Å². The molecular weight excluding hydrogens is 538 g/mol. The van der Waals surface area contributed by atoms with Crippen molar-refractivity contribution in [2.45, 2.75) is 110 Å². The van der Waals surface area contributed by atoms with Crippen molar-refractivity contribution >= 4 is 75.0 Å². The van der Waals surface area contributed by atoms with Crippen LogP contribution in [0, 0.1) is 0 Å². The first-order valence-corrected chi connectivity index (χ1v) is 15.3. The number of hydrogen-bond acceptors (Lipinski definition) is 2. The zero-order valence-corrected chi connectivity index (χ0v) is 23.5. The van der Waals surface area contributed by atoms with Gasteiger partial charge in [-0.3, -0.25) is 0 Å². The van der Waals surface area contributed by atoms with E-state index in [9.17, 15) is 0 Å². The predicted molar refractivity (Wildman–Crippen MR) is 146 cm³/mol. The highest BCUT2D eigenvalue weighted by Gasteiger charge is 2.22. The Morgan fingerprint density at radius 3 is 1.50 bits per heavy atom. The van der Waals surface area contributed by atoms with E-state index < -0.39 is 0 Å². The summed E-state index contributed by atoms with van der Waals surface area (Å²) in [6.45, 7) is 4.61. The summed E-state index contributed by atoms with van der Waals surface area (Å²) in [6, 6.07) is 5.34. The van der Waals surface area contributed by atoms with Crippen molar-refractivity contribution in [2.24, 2.45) is 0 Å². The van der Waals surface area contributed by atoms with Crippen molar-refractivity contribution in [1.29, 1.82) is 0 Å². The lowest BCUT2D eigenvalue weighted by atomic mass is 9.99. The number of thiophene rings is 2. The molecule has 0 radical (unpaired) electrons. The molecule has 3 aromatic rings. The lowest BCUT2D eigenvalue weighted by Gasteiger charge is -2.21. The van der Waals surface area contributed by atoms with Crippen molar-refractivity contribution in [1.82, 2.24) is 4.57 Å². The molecule has 0 saturated carbocycles. The van der Waals surface area contributed by atoms with Gasteiger partial charge in [0.25, 0.3) is 0 Å². The number of hydrogen-bond donors (Lipinski definition) is 0.